The van der Waals surface area contributed by atoms with Crippen LogP contribution >= 0.6 is 0 Å². The van der Waals surface area contributed by atoms with E-state index in [2.05, 4.69) is 27.7 Å². The van der Waals surface area contributed by atoms with Crippen molar-refractivity contribution in [1.29, 1.82) is 0 Å². The Labute approximate surface area is 120 Å². The number of carbonyl (C=O) groups excluding carboxylic acids is 1. The first-order chi connectivity index (χ1) is 9.31. The molecular weight excluding hydrogens is 252 g/mol. The molecule has 0 aromatic heterocycles. The van der Waals surface area contributed by atoms with Crippen molar-refractivity contribution in [3.63, 3.8) is 0 Å². The van der Waals surface area contributed by atoms with Crippen LogP contribution in [0.3, 0.4) is 0 Å². The van der Waals surface area contributed by atoms with Crippen molar-refractivity contribution in [3.05, 3.63) is 33.4 Å². The Hall–Kier alpha value is -1.77. The zero-order valence-electron chi connectivity index (χ0n) is 13.3. The van der Waals surface area contributed by atoms with Gasteiger partial charge in [0.1, 0.15) is 11.9 Å². The highest BCUT2D eigenvalue weighted by Gasteiger charge is 2.32. The number of carbonyl (C=O) groups is 1. The van der Waals surface area contributed by atoms with Crippen LogP contribution in [0.15, 0.2) is 5.57 Å². The Morgan fingerprint density at radius 2 is 1.55 bits per heavy atom. The number of allylic oxidation sites excluding steroid dienone is 1. The van der Waals surface area contributed by atoms with Gasteiger partial charge in [-0.25, -0.2) is 4.79 Å². The molecule has 3 nitrogen and oxygen atoms in total. The van der Waals surface area contributed by atoms with Gasteiger partial charge in [-0.2, -0.15) is 0 Å². The summed E-state index contributed by atoms with van der Waals surface area (Å²) in [6.07, 6.45) is -0.282. The molecule has 0 saturated heterocycles. The monoisotopic (exact) mass is 274 g/mol. The van der Waals surface area contributed by atoms with E-state index in [0.717, 1.165) is 22.4 Å². The van der Waals surface area contributed by atoms with Crippen LogP contribution in [0.5, 0.6) is 5.75 Å². The highest BCUT2D eigenvalue weighted by atomic mass is 16.5. The molecule has 1 aromatic rings. The standard InChI is InChI=1S/C17H22O3/c1-8-9(2)11(4)16-14(10(8)3)12(5)15(13(6)20-16)17(18)19-7/h13H,1-7H3. The SMILES string of the molecule is COC(=O)C1=C(C)c2c(C)c(C)c(C)c(C)c2OC1C. The van der Waals surface area contributed by atoms with Gasteiger partial charge in [0.05, 0.1) is 12.7 Å². The van der Waals surface area contributed by atoms with Crippen molar-refractivity contribution in [1.82, 2.24) is 0 Å². The van der Waals surface area contributed by atoms with Crippen LogP contribution in [-0.4, -0.2) is 19.2 Å². The highest BCUT2D eigenvalue weighted by Crippen LogP contribution is 2.43. The third-order valence-corrected chi connectivity index (χ3v) is 4.52. The minimum atomic E-state index is -0.309. The predicted octanol–water partition coefficient (Wildman–Crippen LogP) is 3.65. The third-order valence-electron chi connectivity index (χ3n) is 4.52. The summed E-state index contributed by atoms with van der Waals surface area (Å²) in [6.45, 7) is 12.2. The maximum atomic E-state index is 12.0. The molecular formula is C17H22O3. The van der Waals surface area contributed by atoms with E-state index in [1.54, 1.807) is 0 Å². The maximum absolute atomic E-state index is 12.0. The number of benzene rings is 1. The fourth-order valence-corrected chi connectivity index (χ4v) is 2.98. The molecule has 1 aliphatic heterocycles. The van der Waals surface area contributed by atoms with Crippen molar-refractivity contribution in [2.24, 2.45) is 0 Å². The second kappa shape index (κ2) is 4.97. The summed E-state index contributed by atoms with van der Waals surface area (Å²) in [4.78, 5) is 12.0. The van der Waals surface area contributed by atoms with Crippen LogP contribution in [0.4, 0.5) is 0 Å². The van der Waals surface area contributed by atoms with Gasteiger partial charge in [0.25, 0.3) is 0 Å². The molecule has 0 N–H and O–H groups in total. The molecule has 0 radical (unpaired) electrons. The van der Waals surface area contributed by atoms with E-state index < -0.39 is 0 Å². The predicted molar refractivity (Wildman–Crippen MR) is 80.1 cm³/mol. The lowest BCUT2D eigenvalue weighted by Crippen LogP contribution is -2.28. The lowest BCUT2D eigenvalue weighted by Gasteiger charge is -2.30. The molecule has 1 atom stereocenters. The van der Waals surface area contributed by atoms with E-state index >= 15 is 0 Å². The molecule has 20 heavy (non-hydrogen) atoms. The second-order valence-electron chi connectivity index (χ2n) is 5.49. The summed E-state index contributed by atoms with van der Waals surface area (Å²) in [5.41, 5.74) is 7.46. The van der Waals surface area contributed by atoms with E-state index in [1.807, 2.05) is 13.8 Å². The van der Waals surface area contributed by atoms with Crippen molar-refractivity contribution in [2.75, 3.05) is 7.11 Å². The number of rotatable bonds is 1. The van der Waals surface area contributed by atoms with Crippen molar-refractivity contribution in [3.8, 4) is 5.75 Å². The summed E-state index contributed by atoms with van der Waals surface area (Å²) in [7, 11) is 1.41. The van der Waals surface area contributed by atoms with E-state index in [9.17, 15) is 4.79 Å². The second-order valence-corrected chi connectivity index (χ2v) is 5.49. The van der Waals surface area contributed by atoms with Gasteiger partial charge in [-0.3, -0.25) is 0 Å². The quantitative estimate of drug-likeness (QED) is 0.733. The molecule has 1 aliphatic rings. The van der Waals surface area contributed by atoms with Gasteiger partial charge in [0, 0.05) is 5.56 Å². The van der Waals surface area contributed by atoms with Crippen molar-refractivity contribution in [2.45, 2.75) is 47.6 Å². The van der Waals surface area contributed by atoms with Gasteiger partial charge < -0.3 is 9.47 Å². The number of fused-ring (bicyclic) bond motifs is 1. The number of ether oxygens (including phenoxy) is 2. The zero-order chi connectivity index (χ0) is 15.2. The third kappa shape index (κ3) is 1.92. The molecule has 2 rings (SSSR count). The van der Waals surface area contributed by atoms with Gasteiger partial charge in [-0.1, -0.05) is 0 Å². The molecule has 0 spiro atoms. The van der Waals surface area contributed by atoms with Crippen molar-refractivity contribution < 1.29 is 14.3 Å². The van der Waals surface area contributed by atoms with Crippen LogP contribution < -0.4 is 4.74 Å². The Balaban J connectivity index is 2.81. The summed E-state index contributed by atoms with van der Waals surface area (Å²) < 4.78 is 10.9. The Bertz CT molecular complexity index is 624. The fourth-order valence-electron chi connectivity index (χ4n) is 2.98. The van der Waals surface area contributed by atoms with E-state index in [1.165, 1.54) is 23.8 Å². The van der Waals surface area contributed by atoms with E-state index in [-0.39, 0.29) is 12.1 Å². The molecule has 1 heterocycles. The van der Waals surface area contributed by atoms with Gasteiger partial charge in [0.15, 0.2) is 0 Å². The molecule has 1 aromatic carbocycles. The molecule has 0 bridgehead atoms. The molecule has 1 unspecified atom stereocenters. The first-order valence-electron chi connectivity index (χ1n) is 6.87. The van der Waals surface area contributed by atoms with Gasteiger partial charge in [0.2, 0.25) is 0 Å². The van der Waals surface area contributed by atoms with Crippen molar-refractivity contribution >= 4 is 11.5 Å². The van der Waals surface area contributed by atoms with Crippen LogP contribution in [0.1, 0.15) is 41.7 Å². The van der Waals surface area contributed by atoms with Gasteiger partial charge in [-0.15, -0.1) is 0 Å². The normalized spacial score (nSPS) is 17.6. The first-order valence-corrected chi connectivity index (χ1v) is 6.87. The molecule has 0 amide bonds. The Kier molecular flexibility index (Phi) is 3.63. The van der Waals surface area contributed by atoms with Crippen LogP contribution in [0, 0.1) is 27.7 Å². The summed E-state index contributed by atoms with van der Waals surface area (Å²) >= 11 is 0. The minimum absolute atomic E-state index is 0.282. The topological polar surface area (TPSA) is 35.5 Å². The number of hydrogen-bond acceptors (Lipinski definition) is 3. The fraction of sp³-hybridized carbons (Fsp3) is 0.471. The molecule has 0 aliphatic carbocycles. The maximum Gasteiger partial charge on any atom is 0.337 e. The van der Waals surface area contributed by atoms with E-state index in [4.69, 9.17) is 9.47 Å². The lowest BCUT2D eigenvalue weighted by molar-refractivity contribution is -0.137. The number of esters is 1. The molecule has 0 saturated carbocycles. The average Bonchev–Trinajstić information content (AvgIpc) is 2.41. The van der Waals surface area contributed by atoms with Gasteiger partial charge >= 0.3 is 5.97 Å². The Morgan fingerprint density at radius 1 is 1.00 bits per heavy atom. The number of methoxy groups -OCH3 is 1. The van der Waals surface area contributed by atoms with Gasteiger partial charge in [-0.05, 0) is 69.4 Å². The van der Waals surface area contributed by atoms with Crippen LogP contribution in [0.2, 0.25) is 0 Å². The smallest absolute Gasteiger partial charge is 0.337 e. The zero-order valence-corrected chi connectivity index (χ0v) is 13.3. The average molecular weight is 274 g/mol. The lowest BCUT2D eigenvalue weighted by atomic mass is 9.85. The highest BCUT2D eigenvalue weighted by molar-refractivity contribution is 6.00. The van der Waals surface area contributed by atoms with Crippen LogP contribution in [-0.2, 0) is 9.53 Å². The largest absolute Gasteiger partial charge is 0.485 e. The summed E-state index contributed by atoms with van der Waals surface area (Å²) in [5, 5.41) is 0. The Morgan fingerprint density at radius 3 is 2.10 bits per heavy atom. The molecule has 108 valence electrons. The minimum Gasteiger partial charge on any atom is -0.485 e. The van der Waals surface area contributed by atoms with Crippen LogP contribution in [0.25, 0.3) is 5.57 Å². The first kappa shape index (κ1) is 14.6. The molecule has 0 fully saturated rings. The molecule has 3 heteroatoms. The summed E-state index contributed by atoms with van der Waals surface area (Å²) in [6, 6.07) is 0. The van der Waals surface area contributed by atoms with E-state index in [0.29, 0.717) is 5.57 Å². The summed E-state index contributed by atoms with van der Waals surface area (Å²) in [5.74, 6) is 0.596. The number of hydrogen-bond donors (Lipinski definition) is 0.